The molecule has 0 saturated heterocycles. The maximum Gasteiger partial charge on any atom is 0.255 e. The predicted octanol–water partition coefficient (Wildman–Crippen LogP) is 5.36. The predicted molar refractivity (Wildman–Crippen MR) is 149 cm³/mol. The third-order valence-electron chi connectivity index (χ3n) is 6.47. The van der Waals surface area contributed by atoms with Crippen LogP contribution in [0.4, 0.5) is 11.4 Å². The number of hydroxylamine groups is 1. The first-order chi connectivity index (χ1) is 18.2. The molecular formula is C28H30ClN5O4. The molecule has 38 heavy (non-hydrogen) atoms. The molecule has 0 radical (unpaired) electrons. The van der Waals surface area contributed by atoms with Gasteiger partial charge in [-0.15, -0.1) is 0 Å². The maximum absolute atomic E-state index is 12.9. The molecule has 0 fully saturated rings. The highest BCUT2D eigenvalue weighted by Crippen LogP contribution is 2.31. The normalized spacial score (nSPS) is 12.6. The highest BCUT2D eigenvalue weighted by molar-refractivity contribution is 6.33. The summed E-state index contributed by atoms with van der Waals surface area (Å²) in [5, 5.41) is 12.2. The largest absolute Gasteiger partial charge is 0.493 e. The van der Waals surface area contributed by atoms with Gasteiger partial charge >= 0.3 is 0 Å². The number of aromatic nitrogens is 2. The zero-order chi connectivity index (χ0) is 27.4. The van der Waals surface area contributed by atoms with Crippen molar-refractivity contribution in [2.45, 2.75) is 13.8 Å². The standard InChI is InChI=1S/C28H30ClN5O4/c1-16(17(2)27(35)33-37)15-38-21-9-5-18(6-10-21)28(36)30-19-7-11-23(29)22(13-19)26-31-24-12-8-20(34(3)4)14-25(24)32-26/h5-14,16-17,37H,15H2,1-4H3,(H,30,36)(H,31,32)(H,33,35)/t16?,17-/m0/s1. The van der Waals surface area contributed by atoms with E-state index in [4.69, 9.17) is 21.5 Å². The molecule has 1 unspecified atom stereocenters. The van der Waals surface area contributed by atoms with E-state index in [9.17, 15) is 9.59 Å². The van der Waals surface area contributed by atoms with Crippen molar-refractivity contribution in [3.8, 4) is 17.1 Å². The van der Waals surface area contributed by atoms with Gasteiger partial charge in [0.25, 0.3) is 5.91 Å². The van der Waals surface area contributed by atoms with Crippen molar-refractivity contribution in [2.75, 3.05) is 30.9 Å². The third kappa shape index (κ3) is 6.07. The highest BCUT2D eigenvalue weighted by atomic mass is 35.5. The Labute approximate surface area is 225 Å². The summed E-state index contributed by atoms with van der Waals surface area (Å²) in [6.45, 7) is 3.85. The fourth-order valence-corrected chi connectivity index (χ4v) is 4.03. The molecule has 10 heteroatoms. The van der Waals surface area contributed by atoms with E-state index in [-0.39, 0.29) is 18.4 Å². The number of benzene rings is 3. The number of rotatable bonds is 9. The van der Waals surface area contributed by atoms with Crippen LogP contribution in [-0.4, -0.2) is 47.7 Å². The first kappa shape index (κ1) is 27.0. The van der Waals surface area contributed by atoms with Gasteiger partial charge < -0.3 is 19.9 Å². The number of ether oxygens (including phenoxy) is 1. The second-order valence-electron chi connectivity index (χ2n) is 9.41. The van der Waals surface area contributed by atoms with Crippen LogP contribution in [0.2, 0.25) is 5.02 Å². The number of fused-ring (bicyclic) bond motifs is 1. The number of halogens is 1. The number of imidazole rings is 1. The number of aromatic amines is 1. The molecule has 3 aromatic carbocycles. The van der Waals surface area contributed by atoms with E-state index in [0.29, 0.717) is 33.4 Å². The van der Waals surface area contributed by atoms with Gasteiger partial charge in [-0.2, -0.15) is 0 Å². The minimum atomic E-state index is -0.461. The number of H-pyrrole nitrogens is 1. The Hall–Kier alpha value is -4.08. The van der Waals surface area contributed by atoms with Crippen LogP contribution < -0.4 is 20.4 Å². The lowest BCUT2D eigenvalue weighted by atomic mass is 9.96. The summed E-state index contributed by atoms with van der Waals surface area (Å²) in [6.07, 6.45) is 0. The Morgan fingerprint density at radius 2 is 1.82 bits per heavy atom. The molecule has 0 bridgehead atoms. The molecule has 0 spiro atoms. The fourth-order valence-electron chi connectivity index (χ4n) is 3.83. The van der Waals surface area contributed by atoms with Gasteiger partial charge in [0.15, 0.2) is 0 Å². The van der Waals surface area contributed by atoms with Crippen LogP contribution in [0.1, 0.15) is 24.2 Å². The molecule has 2 amide bonds. The summed E-state index contributed by atoms with van der Waals surface area (Å²) in [6, 6.07) is 17.9. The number of nitrogens with zero attached hydrogens (tertiary/aromatic N) is 2. The summed E-state index contributed by atoms with van der Waals surface area (Å²) in [7, 11) is 3.95. The second-order valence-corrected chi connectivity index (χ2v) is 9.81. The molecule has 1 heterocycles. The van der Waals surface area contributed by atoms with Gasteiger partial charge in [-0.3, -0.25) is 14.8 Å². The van der Waals surface area contributed by atoms with Crippen molar-refractivity contribution in [3.05, 3.63) is 71.2 Å². The average Bonchev–Trinajstić information content (AvgIpc) is 3.35. The summed E-state index contributed by atoms with van der Waals surface area (Å²) in [5.74, 6) is -0.0982. The summed E-state index contributed by atoms with van der Waals surface area (Å²) < 4.78 is 5.74. The monoisotopic (exact) mass is 535 g/mol. The minimum absolute atomic E-state index is 0.119. The molecule has 198 valence electrons. The Balaban J connectivity index is 1.44. The number of hydrogen-bond acceptors (Lipinski definition) is 6. The van der Waals surface area contributed by atoms with Gasteiger partial charge in [-0.1, -0.05) is 25.4 Å². The number of hydrogen-bond donors (Lipinski definition) is 4. The average molecular weight is 536 g/mol. The van der Waals surface area contributed by atoms with E-state index in [1.165, 1.54) is 0 Å². The van der Waals surface area contributed by atoms with E-state index in [2.05, 4.69) is 15.3 Å². The third-order valence-corrected chi connectivity index (χ3v) is 6.80. The molecule has 0 saturated carbocycles. The summed E-state index contributed by atoms with van der Waals surface area (Å²) in [4.78, 5) is 34.4. The Kier molecular flexibility index (Phi) is 8.19. The molecule has 9 nitrogen and oxygen atoms in total. The zero-order valence-electron chi connectivity index (χ0n) is 21.6. The molecule has 0 aliphatic heterocycles. The summed E-state index contributed by atoms with van der Waals surface area (Å²) >= 11 is 6.48. The van der Waals surface area contributed by atoms with E-state index < -0.39 is 11.8 Å². The van der Waals surface area contributed by atoms with Crippen LogP contribution in [0.25, 0.3) is 22.4 Å². The maximum atomic E-state index is 12.9. The van der Waals surface area contributed by atoms with E-state index >= 15 is 0 Å². The van der Waals surface area contributed by atoms with Crippen molar-refractivity contribution in [1.82, 2.24) is 15.4 Å². The fraction of sp³-hybridized carbons (Fsp3) is 0.250. The first-order valence-electron chi connectivity index (χ1n) is 12.1. The zero-order valence-corrected chi connectivity index (χ0v) is 22.3. The van der Waals surface area contributed by atoms with Crippen molar-refractivity contribution < 1.29 is 19.5 Å². The van der Waals surface area contributed by atoms with Crippen molar-refractivity contribution in [2.24, 2.45) is 11.8 Å². The van der Waals surface area contributed by atoms with E-state index in [1.54, 1.807) is 54.9 Å². The van der Waals surface area contributed by atoms with Crippen LogP contribution in [-0.2, 0) is 4.79 Å². The Morgan fingerprint density at radius 1 is 1.08 bits per heavy atom. The molecular weight excluding hydrogens is 506 g/mol. The van der Waals surface area contributed by atoms with Gasteiger partial charge in [0.1, 0.15) is 11.6 Å². The molecule has 1 aromatic heterocycles. The number of amides is 2. The molecule has 4 rings (SSSR count). The van der Waals surface area contributed by atoms with Crippen LogP contribution in [0.5, 0.6) is 5.75 Å². The van der Waals surface area contributed by atoms with Crippen LogP contribution in [0.15, 0.2) is 60.7 Å². The lowest BCUT2D eigenvalue weighted by Crippen LogP contribution is -2.32. The molecule has 4 N–H and O–H groups in total. The smallest absolute Gasteiger partial charge is 0.255 e. The van der Waals surface area contributed by atoms with E-state index in [1.807, 2.05) is 44.1 Å². The molecule has 0 aliphatic rings. The quantitative estimate of drug-likeness (QED) is 0.169. The molecule has 4 aromatic rings. The Morgan fingerprint density at radius 3 is 2.50 bits per heavy atom. The van der Waals surface area contributed by atoms with Gasteiger partial charge in [0.05, 0.1) is 22.7 Å². The lowest BCUT2D eigenvalue weighted by molar-refractivity contribution is -0.134. The van der Waals surface area contributed by atoms with Crippen LogP contribution >= 0.6 is 11.6 Å². The van der Waals surface area contributed by atoms with Gasteiger partial charge in [-0.05, 0) is 60.7 Å². The summed E-state index contributed by atoms with van der Waals surface area (Å²) in [5.41, 5.74) is 6.12. The number of carbonyl (C=O) groups excluding carboxylic acids is 2. The molecule has 0 aliphatic carbocycles. The number of nitrogens with one attached hydrogen (secondary N) is 3. The van der Waals surface area contributed by atoms with Crippen LogP contribution in [0.3, 0.4) is 0 Å². The van der Waals surface area contributed by atoms with Crippen molar-refractivity contribution >= 4 is 45.8 Å². The number of anilines is 2. The van der Waals surface area contributed by atoms with Gasteiger partial charge in [0, 0.05) is 48.4 Å². The molecule has 2 atom stereocenters. The van der Waals surface area contributed by atoms with Gasteiger partial charge in [0.2, 0.25) is 5.91 Å². The first-order valence-corrected chi connectivity index (χ1v) is 12.5. The van der Waals surface area contributed by atoms with Crippen molar-refractivity contribution in [1.29, 1.82) is 0 Å². The lowest BCUT2D eigenvalue weighted by Gasteiger charge is -2.18. The highest BCUT2D eigenvalue weighted by Gasteiger charge is 2.20. The second kappa shape index (κ2) is 11.5. The SMILES string of the molecule is CC(COc1ccc(C(=O)Nc2ccc(Cl)c(-c3nc4ccc(N(C)C)cc4[nH]3)c2)cc1)[C@H](C)C(=O)NO. The van der Waals surface area contributed by atoms with Gasteiger partial charge in [-0.25, -0.2) is 10.5 Å². The number of carbonyl (C=O) groups is 2. The topological polar surface area (TPSA) is 120 Å². The minimum Gasteiger partial charge on any atom is -0.493 e. The van der Waals surface area contributed by atoms with Crippen LogP contribution in [0, 0.1) is 11.8 Å². The Bertz CT molecular complexity index is 1450. The van der Waals surface area contributed by atoms with E-state index in [0.717, 1.165) is 16.7 Å². The van der Waals surface area contributed by atoms with Crippen molar-refractivity contribution in [3.63, 3.8) is 0 Å².